The van der Waals surface area contributed by atoms with Gasteiger partial charge in [-0.3, -0.25) is 4.79 Å². The standard InChI is InChI=1S/C22H27NO4/c1-14-10-20(16(3)23(14)15(2)12-26-4)21(24)13-27-22(25)19-9-8-17-6-5-7-18(17)11-19/h8-11,15H,5-7,12-13H2,1-4H3/t15-/m0/s1. The van der Waals surface area contributed by atoms with E-state index in [0.717, 1.165) is 30.7 Å². The van der Waals surface area contributed by atoms with Gasteiger partial charge in [-0.05, 0) is 69.4 Å². The second kappa shape index (κ2) is 8.09. The molecule has 0 radical (unpaired) electrons. The number of hydrogen-bond donors (Lipinski definition) is 0. The van der Waals surface area contributed by atoms with Crippen LogP contribution in [0.2, 0.25) is 0 Å². The molecule has 1 aromatic carbocycles. The van der Waals surface area contributed by atoms with Gasteiger partial charge in [0.25, 0.3) is 0 Å². The van der Waals surface area contributed by atoms with E-state index in [1.165, 1.54) is 11.1 Å². The molecule has 144 valence electrons. The third-order valence-electron chi connectivity index (χ3n) is 5.30. The summed E-state index contributed by atoms with van der Waals surface area (Å²) in [6, 6.07) is 7.66. The van der Waals surface area contributed by atoms with Gasteiger partial charge in [0.05, 0.1) is 18.2 Å². The first kappa shape index (κ1) is 19.4. The highest BCUT2D eigenvalue weighted by atomic mass is 16.5. The van der Waals surface area contributed by atoms with Crippen LogP contribution >= 0.6 is 0 Å². The first-order valence-electron chi connectivity index (χ1n) is 9.42. The Bertz CT molecular complexity index is 865. The van der Waals surface area contributed by atoms with Crippen LogP contribution in [0, 0.1) is 13.8 Å². The number of ether oxygens (including phenoxy) is 2. The Hall–Kier alpha value is -2.40. The Morgan fingerprint density at radius 3 is 2.63 bits per heavy atom. The highest BCUT2D eigenvalue weighted by Gasteiger charge is 2.21. The highest BCUT2D eigenvalue weighted by Crippen LogP contribution is 2.24. The smallest absolute Gasteiger partial charge is 0.338 e. The molecule has 5 heteroatoms. The van der Waals surface area contributed by atoms with Gasteiger partial charge in [0.1, 0.15) is 0 Å². The van der Waals surface area contributed by atoms with Gasteiger partial charge in [0.15, 0.2) is 6.61 Å². The first-order valence-corrected chi connectivity index (χ1v) is 9.42. The second-order valence-corrected chi connectivity index (χ2v) is 7.30. The molecule has 0 saturated heterocycles. The summed E-state index contributed by atoms with van der Waals surface area (Å²) in [4.78, 5) is 24.9. The molecular formula is C22H27NO4. The van der Waals surface area contributed by atoms with Crippen molar-refractivity contribution in [1.29, 1.82) is 0 Å². The van der Waals surface area contributed by atoms with E-state index in [1.807, 2.05) is 39.0 Å². The normalized spacial score (nSPS) is 14.1. The summed E-state index contributed by atoms with van der Waals surface area (Å²) in [6.45, 7) is 6.24. The van der Waals surface area contributed by atoms with Gasteiger partial charge in [0.2, 0.25) is 5.78 Å². The van der Waals surface area contributed by atoms with Crippen molar-refractivity contribution in [2.24, 2.45) is 0 Å². The van der Waals surface area contributed by atoms with Crippen LogP contribution in [-0.4, -0.2) is 36.6 Å². The lowest BCUT2D eigenvalue weighted by Gasteiger charge is -2.17. The summed E-state index contributed by atoms with van der Waals surface area (Å²) in [7, 11) is 1.66. The zero-order valence-electron chi connectivity index (χ0n) is 16.5. The number of esters is 1. The molecule has 1 heterocycles. The van der Waals surface area contributed by atoms with Gasteiger partial charge in [0, 0.05) is 24.1 Å². The van der Waals surface area contributed by atoms with Crippen molar-refractivity contribution >= 4 is 11.8 Å². The molecule has 3 rings (SSSR count). The van der Waals surface area contributed by atoms with Crippen molar-refractivity contribution in [3.63, 3.8) is 0 Å². The van der Waals surface area contributed by atoms with Crippen molar-refractivity contribution in [2.75, 3.05) is 20.3 Å². The van der Waals surface area contributed by atoms with Crippen LogP contribution in [0.5, 0.6) is 0 Å². The zero-order valence-corrected chi connectivity index (χ0v) is 16.5. The second-order valence-electron chi connectivity index (χ2n) is 7.30. The van der Waals surface area contributed by atoms with Crippen molar-refractivity contribution in [1.82, 2.24) is 4.57 Å². The van der Waals surface area contributed by atoms with Gasteiger partial charge < -0.3 is 14.0 Å². The fourth-order valence-electron chi connectivity index (χ4n) is 4.04. The van der Waals surface area contributed by atoms with Crippen LogP contribution in [0.4, 0.5) is 0 Å². The average Bonchev–Trinajstić information content (AvgIpc) is 3.22. The number of aryl methyl sites for hydroxylation is 3. The molecule has 0 aliphatic heterocycles. The number of carbonyl (C=O) groups is 2. The SMILES string of the molecule is COC[C@H](C)n1c(C)cc(C(=O)COC(=O)c2ccc3c(c2)CCC3)c1C. The quantitative estimate of drug-likeness (QED) is 0.550. The molecule has 2 aromatic rings. The molecule has 0 bridgehead atoms. The van der Waals surface area contributed by atoms with Crippen molar-refractivity contribution < 1.29 is 19.1 Å². The molecule has 1 aliphatic rings. The van der Waals surface area contributed by atoms with Gasteiger partial charge >= 0.3 is 5.97 Å². The Labute approximate surface area is 160 Å². The fourth-order valence-corrected chi connectivity index (χ4v) is 4.04. The van der Waals surface area contributed by atoms with Crippen molar-refractivity contribution in [3.05, 3.63) is 57.9 Å². The van der Waals surface area contributed by atoms with Crippen LogP contribution in [0.25, 0.3) is 0 Å². The molecule has 0 amide bonds. The van der Waals surface area contributed by atoms with E-state index in [9.17, 15) is 9.59 Å². The number of aromatic nitrogens is 1. The average molecular weight is 369 g/mol. The van der Waals surface area contributed by atoms with Crippen LogP contribution < -0.4 is 0 Å². The summed E-state index contributed by atoms with van der Waals surface area (Å²) < 4.78 is 12.6. The molecule has 0 unspecified atom stereocenters. The van der Waals surface area contributed by atoms with E-state index in [2.05, 4.69) is 4.57 Å². The van der Waals surface area contributed by atoms with Gasteiger partial charge in [-0.2, -0.15) is 0 Å². The number of hydrogen-bond acceptors (Lipinski definition) is 4. The maximum Gasteiger partial charge on any atom is 0.338 e. The first-order chi connectivity index (χ1) is 12.9. The molecule has 0 saturated carbocycles. The fraction of sp³-hybridized carbons (Fsp3) is 0.455. The van der Waals surface area contributed by atoms with Crippen LogP contribution in [0.1, 0.15) is 62.6 Å². The minimum atomic E-state index is -0.445. The molecule has 27 heavy (non-hydrogen) atoms. The monoisotopic (exact) mass is 369 g/mol. The predicted octanol–water partition coefficient (Wildman–Crippen LogP) is 3.84. The number of ketones is 1. The highest BCUT2D eigenvalue weighted by molar-refractivity contribution is 6.00. The molecule has 1 aromatic heterocycles. The molecule has 1 atom stereocenters. The topological polar surface area (TPSA) is 57.5 Å². The Kier molecular flexibility index (Phi) is 5.80. The molecule has 0 fully saturated rings. The number of Topliss-reactive ketones (excluding diaryl/α,β-unsaturated/α-hetero) is 1. The molecule has 1 aliphatic carbocycles. The summed E-state index contributed by atoms with van der Waals surface area (Å²) in [5.74, 6) is -0.631. The van der Waals surface area contributed by atoms with E-state index in [0.29, 0.717) is 17.7 Å². The van der Waals surface area contributed by atoms with Crippen LogP contribution in [-0.2, 0) is 22.3 Å². The van der Waals surface area contributed by atoms with Gasteiger partial charge in [-0.1, -0.05) is 6.07 Å². The molecular weight excluding hydrogens is 342 g/mol. The third-order valence-corrected chi connectivity index (χ3v) is 5.30. The maximum atomic E-state index is 12.6. The zero-order chi connectivity index (χ0) is 19.6. The number of rotatable bonds is 7. The minimum absolute atomic E-state index is 0.130. The number of carbonyl (C=O) groups excluding carboxylic acids is 2. The van der Waals surface area contributed by atoms with Gasteiger partial charge in [-0.15, -0.1) is 0 Å². The number of methoxy groups -OCH3 is 1. The Morgan fingerprint density at radius 2 is 1.89 bits per heavy atom. The molecule has 5 nitrogen and oxygen atoms in total. The lowest BCUT2D eigenvalue weighted by atomic mass is 10.1. The lowest BCUT2D eigenvalue weighted by molar-refractivity contribution is 0.0474. The Balaban J connectivity index is 1.67. The van der Waals surface area contributed by atoms with Crippen LogP contribution in [0.15, 0.2) is 24.3 Å². The predicted molar refractivity (Wildman–Crippen MR) is 104 cm³/mol. The van der Waals surface area contributed by atoms with E-state index < -0.39 is 5.97 Å². The van der Waals surface area contributed by atoms with E-state index in [1.54, 1.807) is 13.2 Å². The van der Waals surface area contributed by atoms with Crippen molar-refractivity contribution in [3.8, 4) is 0 Å². The molecule has 0 spiro atoms. The largest absolute Gasteiger partial charge is 0.454 e. The van der Waals surface area contributed by atoms with Crippen LogP contribution in [0.3, 0.4) is 0 Å². The Morgan fingerprint density at radius 1 is 1.15 bits per heavy atom. The number of nitrogens with zero attached hydrogens (tertiary/aromatic N) is 1. The van der Waals surface area contributed by atoms with Gasteiger partial charge in [-0.25, -0.2) is 4.79 Å². The van der Waals surface area contributed by atoms with E-state index in [-0.39, 0.29) is 18.4 Å². The lowest BCUT2D eigenvalue weighted by Crippen LogP contribution is -2.17. The minimum Gasteiger partial charge on any atom is -0.454 e. The summed E-state index contributed by atoms with van der Waals surface area (Å²) in [6.07, 6.45) is 3.20. The summed E-state index contributed by atoms with van der Waals surface area (Å²) >= 11 is 0. The summed E-state index contributed by atoms with van der Waals surface area (Å²) in [5.41, 5.74) is 5.49. The van der Waals surface area contributed by atoms with Crippen molar-refractivity contribution in [2.45, 2.75) is 46.1 Å². The number of benzene rings is 1. The third kappa shape index (κ3) is 3.98. The maximum absolute atomic E-state index is 12.6. The van der Waals surface area contributed by atoms with E-state index in [4.69, 9.17) is 9.47 Å². The molecule has 0 N–H and O–H groups in total. The van der Waals surface area contributed by atoms with E-state index >= 15 is 0 Å². The summed E-state index contributed by atoms with van der Waals surface area (Å²) in [5, 5.41) is 0. The number of fused-ring (bicyclic) bond motifs is 1.